The van der Waals surface area contributed by atoms with E-state index in [0.717, 1.165) is 12.8 Å². The Morgan fingerprint density at radius 3 is 1.76 bits per heavy atom. The van der Waals surface area contributed by atoms with Crippen LogP contribution in [0.5, 0.6) is 0 Å². The largest absolute Gasteiger partial charge is 1.00 e. The molecule has 96 valence electrons. The molecular formula is C12H23KO4. The third kappa shape index (κ3) is 11.4. The molecular weight excluding hydrogens is 247 g/mol. The van der Waals surface area contributed by atoms with Gasteiger partial charge < -0.3 is 11.6 Å². The van der Waals surface area contributed by atoms with E-state index in [4.69, 9.17) is 10.2 Å². The molecule has 0 aromatic rings. The summed E-state index contributed by atoms with van der Waals surface area (Å²) in [4.78, 5) is 21.1. The Hall–Kier alpha value is 0.576. The topological polar surface area (TPSA) is 74.6 Å². The van der Waals surface area contributed by atoms with Crippen LogP contribution < -0.4 is 51.4 Å². The zero-order chi connectivity index (χ0) is 12.4. The van der Waals surface area contributed by atoms with E-state index in [-0.39, 0.29) is 59.2 Å². The van der Waals surface area contributed by atoms with Crippen LogP contribution in [-0.2, 0) is 9.59 Å². The van der Waals surface area contributed by atoms with Gasteiger partial charge in [0, 0.05) is 0 Å². The summed E-state index contributed by atoms with van der Waals surface area (Å²) < 4.78 is 0. The number of rotatable bonds is 10. The van der Waals surface area contributed by atoms with E-state index >= 15 is 0 Å². The van der Waals surface area contributed by atoms with Crippen LogP contribution in [0, 0.1) is 5.92 Å². The van der Waals surface area contributed by atoms with Gasteiger partial charge in [0.2, 0.25) is 0 Å². The van der Waals surface area contributed by atoms with Gasteiger partial charge in [0.25, 0.3) is 0 Å². The second-order valence-corrected chi connectivity index (χ2v) is 4.14. The van der Waals surface area contributed by atoms with Gasteiger partial charge in [-0.3, -0.25) is 9.59 Å². The number of carbonyl (C=O) groups is 2. The third-order valence-electron chi connectivity index (χ3n) is 2.69. The van der Waals surface area contributed by atoms with Crippen molar-refractivity contribution in [3.05, 3.63) is 0 Å². The van der Waals surface area contributed by atoms with Gasteiger partial charge in [-0.25, -0.2) is 0 Å². The zero-order valence-electron chi connectivity index (χ0n) is 11.9. The zero-order valence-corrected chi connectivity index (χ0v) is 14.1. The summed E-state index contributed by atoms with van der Waals surface area (Å²) in [6, 6.07) is 0. The van der Waals surface area contributed by atoms with E-state index in [1.54, 1.807) is 0 Å². The van der Waals surface area contributed by atoms with Gasteiger partial charge in [0.1, 0.15) is 0 Å². The van der Waals surface area contributed by atoms with E-state index in [9.17, 15) is 9.59 Å². The fourth-order valence-corrected chi connectivity index (χ4v) is 1.66. The van der Waals surface area contributed by atoms with Gasteiger partial charge >= 0.3 is 63.3 Å². The summed E-state index contributed by atoms with van der Waals surface area (Å²) >= 11 is 0. The van der Waals surface area contributed by atoms with Crippen LogP contribution >= 0.6 is 0 Å². The maximum atomic E-state index is 10.6. The van der Waals surface area contributed by atoms with Gasteiger partial charge in [-0.15, -0.1) is 0 Å². The molecule has 0 amide bonds. The Bertz CT molecular complexity index is 210. The number of aliphatic carboxylic acids is 2. The third-order valence-corrected chi connectivity index (χ3v) is 2.69. The van der Waals surface area contributed by atoms with Crippen molar-refractivity contribution in [2.75, 3.05) is 0 Å². The summed E-state index contributed by atoms with van der Waals surface area (Å²) in [5.74, 6) is -3.67. The molecule has 17 heavy (non-hydrogen) atoms. The molecule has 0 aromatic heterocycles. The maximum Gasteiger partial charge on any atom is 1.00 e. The first-order valence-corrected chi connectivity index (χ1v) is 6.05. The number of hydrogen-bond donors (Lipinski definition) is 2. The summed E-state index contributed by atoms with van der Waals surface area (Å²) in [5, 5.41) is 17.3. The first kappa shape index (κ1) is 19.9. The molecule has 4 nitrogen and oxygen atoms in total. The Kier molecular flexibility index (Phi) is 15.2. The number of hydrogen-bond acceptors (Lipinski definition) is 2. The average Bonchev–Trinajstić information content (AvgIpc) is 2.21. The minimum Gasteiger partial charge on any atom is -1.00 e. The molecule has 0 rings (SSSR count). The van der Waals surface area contributed by atoms with Gasteiger partial charge in [-0.1, -0.05) is 51.9 Å². The molecule has 5 heteroatoms. The molecule has 0 saturated heterocycles. The molecule has 0 spiro atoms. The second kappa shape index (κ2) is 13.0. The molecule has 0 heterocycles. The first-order valence-electron chi connectivity index (χ1n) is 6.05. The number of unbranched alkanes of at least 4 members (excludes halogenated alkanes) is 6. The Labute approximate surface area is 147 Å². The maximum absolute atomic E-state index is 10.6. The minimum atomic E-state index is -1.23. The normalized spacial score (nSPS) is 10.0. The molecule has 0 radical (unpaired) electrons. The second-order valence-electron chi connectivity index (χ2n) is 4.14. The standard InChI is InChI=1S/C12H22O4.K.H/c1-2-3-4-5-6-7-8-9-10(11(13)14)12(15)16;;/h10H,2-9H2,1H3,(H,13,14)(H,15,16);;/q;+1;-1. The fraction of sp³-hybridized carbons (Fsp3) is 0.833. The molecule has 0 aliphatic rings. The number of carboxylic acids is 2. The van der Waals surface area contributed by atoms with Gasteiger partial charge in [0.15, 0.2) is 5.92 Å². The molecule has 0 saturated carbocycles. The van der Waals surface area contributed by atoms with Crippen molar-refractivity contribution < 1.29 is 72.6 Å². The molecule has 0 aliphatic heterocycles. The van der Waals surface area contributed by atoms with E-state index in [0.29, 0.717) is 6.42 Å². The average molecular weight is 270 g/mol. The van der Waals surface area contributed by atoms with Crippen molar-refractivity contribution >= 4 is 11.9 Å². The summed E-state index contributed by atoms with van der Waals surface area (Å²) in [6.07, 6.45) is 7.78. The van der Waals surface area contributed by atoms with Crippen LogP contribution in [0.25, 0.3) is 0 Å². The SMILES string of the molecule is CCCCCCCCCC(C(=O)O)C(=O)O.[H-].[K+]. The minimum absolute atomic E-state index is 0. The fourth-order valence-electron chi connectivity index (χ4n) is 1.66. The van der Waals surface area contributed by atoms with Crippen LogP contribution in [0.4, 0.5) is 0 Å². The molecule has 0 bridgehead atoms. The van der Waals surface area contributed by atoms with Crippen LogP contribution in [0.15, 0.2) is 0 Å². The van der Waals surface area contributed by atoms with E-state index in [1.807, 2.05) is 0 Å². The monoisotopic (exact) mass is 270 g/mol. The van der Waals surface area contributed by atoms with E-state index in [1.165, 1.54) is 25.7 Å². The summed E-state index contributed by atoms with van der Waals surface area (Å²) in [7, 11) is 0. The van der Waals surface area contributed by atoms with Crippen molar-refractivity contribution in [1.29, 1.82) is 0 Å². The molecule has 0 unspecified atom stereocenters. The molecule has 0 aromatic carbocycles. The van der Waals surface area contributed by atoms with Crippen molar-refractivity contribution in [2.45, 2.75) is 58.3 Å². The van der Waals surface area contributed by atoms with Crippen molar-refractivity contribution in [3.8, 4) is 0 Å². The van der Waals surface area contributed by atoms with Gasteiger partial charge in [0.05, 0.1) is 0 Å². The molecule has 0 atom stereocenters. The van der Waals surface area contributed by atoms with Gasteiger partial charge in [-0.2, -0.15) is 0 Å². The van der Waals surface area contributed by atoms with Crippen LogP contribution in [0.1, 0.15) is 59.7 Å². The first-order chi connectivity index (χ1) is 7.59. The Morgan fingerprint density at radius 1 is 0.941 bits per heavy atom. The molecule has 0 fully saturated rings. The van der Waals surface area contributed by atoms with Crippen LogP contribution in [0.2, 0.25) is 0 Å². The molecule has 2 N–H and O–H groups in total. The van der Waals surface area contributed by atoms with Crippen molar-refractivity contribution in [2.24, 2.45) is 5.92 Å². The van der Waals surface area contributed by atoms with Crippen molar-refractivity contribution in [3.63, 3.8) is 0 Å². The summed E-state index contributed by atoms with van der Waals surface area (Å²) in [5.41, 5.74) is 0. The smallest absolute Gasteiger partial charge is 1.00 e. The van der Waals surface area contributed by atoms with E-state index in [2.05, 4.69) is 6.92 Å². The summed E-state index contributed by atoms with van der Waals surface area (Å²) in [6.45, 7) is 2.16. The predicted molar refractivity (Wildman–Crippen MR) is 62.5 cm³/mol. The Balaban J connectivity index is -0.00000112. The Morgan fingerprint density at radius 2 is 1.35 bits per heavy atom. The van der Waals surface area contributed by atoms with E-state index < -0.39 is 17.9 Å². The number of carboxylic acid groups (broad SMARTS) is 2. The van der Waals surface area contributed by atoms with Crippen molar-refractivity contribution in [1.82, 2.24) is 0 Å². The van der Waals surface area contributed by atoms with Crippen LogP contribution in [0.3, 0.4) is 0 Å². The predicted octanol–water partition coefficient (Wildman–Crippen LogP) is 0.0290. The van der Waals surface area contributed by atoms with Gasteiger partial charge in [-0.05, 0) is 6.42 Å². The van der Waals surface area contributed by atoms with Crippen LogP contribution in [-0.4, -0.2) is 22.2 Å². The quantitative estimate of drug-likeness (QED) is 0.334. The molecule has 0 aliphatic carbocycles.